The van der Waals surface area contributed by atoms with Gasteiger partial charge in [-0.05, 0) is 6.07 Å². The lowest BCUT2D eigenvalue weighted by molar-refractivity contribution is 0.0717. The predicted octanol–water partition coefficient (Wildman–Crippen LogP) is 0.317. The first-order chi connectivity index (χ1) is 7.31. The fourth-order valence-corrected chi connectivity index (χ4v) is 1.55. The maximum Gasteiger partial charge on any atom is 0.150 e. The van der Waals surface area contributed by atoms with Crippen molar-refractivity contribution in [3.63, 3.8) is 0 Å². The highest BCUT2D eigenvalue weighted by atomic mass is 16.6. The first-order valence-electron chi connectivity index (χ1n) is 4.92. The molecule has 0 bridgehead atoms. The Labute approximate surface area is 88.1 Å². The molecule has 15 heavy (non-hydrogen) atoms. The standard InChI is InChI=1S/C11H14O4/c12-5-8-3-1-2-4-10(8)15-11-7-14-6-9(11)13/h1-4,9,11-13H,5-7H2/t9-,11-/m0/s1. The normalized spacial score (nSPS) is 25.5. The van der Waals surface area contributed by atoms with E-state index in [0.717, 1.165) is 5.56 Å². The molecular weight excluding hydrogens is 196 g/mol. The zero-order valence-electron chi connectivity index (χ0n) is 8.30. The van der Waals surface area contributed by atoms with E-state index in [1.807, 2.05) is 12.1 Å². The third-order valence-electron chi connectivity index (χ3n) is 2.42. The molecule has 1 heterocycles. The van der Waals surface area contributed by atoms with Crippen LogP contribution in [0.2, 0.25) is 0 Å². The first kappa shape index (κ1) is 10.4. The largest absolute Gasteiger partial charge is 0.485 e. The Morgan fingerprint density at radius 3 is 2.80 bits per heavy atom. The molecule has 0 radical (unpaired) electrons. The van der Waals surface area contributed by atoms with E-state index in [-0.39, 0.29) is 12.7 Å². The van der Waals surface area contributed by atoms with Crippen LogP contribution >= 0.6 is 0 Å². The molecule has 1 aliphatic heterocycles. The number of benzene rings is 1. The second kappa shape index (κ2) is 4.61. The number of hydrogen-bond acceptors (Lipinski definition) is 4. The number of rotatable bonds is 3. The molecule has 0 unspecified atom stereocenters. The van der Waals surface area contributed by atoms with Gasteiger partial charge in [0.15, 0.2) is 0 Å². The minimum atomic E-state index is -0.586. The van der Waals surface area contributed by atoms with E-state index in [1.165, 1.54) is 0 Å². The summed E-state index contributed by atoms with van der Waals surface area (Å²) in [7, 11) is 0. The highest BCUT2D eigenvalue weighted by Crippen LogP contribution is 2.21. The van der Waals surface area contributed by atoms with Gasteiger partial charge < -0.3 is 19.7 Å². The Kier molecular flexibility index (Phi) is 3.20. The lowest BCUT2D eigenvalue weighted by atomic mass is 10.2. The predicted molar refractivity (Wildman–Crippen MR) is 53.6 cm³/mol. The number of aliphatic hydroxyl groups excluding tert-OH is 2. The molecule has 4 heteroatoms. The van der Waals surface area contributed by atoms with Crippen molar-refractivity contribution in [3.8, 4) is 5.75 Å². The van der Waals surface area contributed by atoms with Gasteiger partial charge in [-0.2, -0.15) is 0 Å². The van der Waals surface area contributed by atoms with Crippen molar-refractivity contribution in [2.45, 2.75) is 18.8 Å². The minimum Gasteiger partial charge on any atom is -0.485 e. The van der Waals surface area contributed by atoms with Crippen LogP contribution in [0.5, 0.6) is 5.75 Å². The number of para-hydroxylation sites is 1. The molecule has 1 aromatic carbocycles. The monoisotopic (exact) mass is 210 g/mol. The highest BCUT2D eigenvalue weighted by Gasteiger charge is 2.28. The van der Waals surface area contributed by atoms with E-state index in [9.17, 15) is 5.11 Å². The van der Waals surface area contributed by atoms with Crippen LogP contribution < -0.4 is 4.74 Å². The molecule has 0 aliphatic carbocycles. The van der Waals surface area contributed by atoms with Crippen LogP contribution in [0.4, 0.5) is 0 Å². The van der Waals surface area contributed by atoms with Crippen LogP contribution in [-0.2, 0) is 11.3 Å². The van der Waals surface area contributed by atoms with Crippen LogP contribution in [0.1, 0.15) is 5.56 Å². The molecule has 0 spiro atoms. The molecule has 2 N–H and O–H groups in total. The van der Waals surface area contributed by atoms with Crippen molar-refractivity contribution in [1.82, 2.24) is 0 Å². The van der Waals surface area contributed by atoms with Gasteiger partial charge in [-0.3, -0.25) is 0 Å². The molecule has 1 saturated heterocycles. The third kappa shape index (κ3) is 2.28. The Balaban J connectivity index is 2.09. The maximum atomic E-state index is 9.50. The van der Waals surface area contributed by atoms with Gasteiger partial charge in [-0.15, -0.1) is 0 Å². The minimum absolute atomic E-state index is 0.0696. The molecule has 0 aromatic heterocycles. The van der Waals surface area contributed by atoms with E-state index in [2.05, 4.69) is 0 Å². The van der Waals surface area contributed by atoms with E-state index in [4.69, 9.17) is 14.6 Å². The fourth-order valence-electron chi connectivity index (χ4n) is 1.55. The SMILES string of the molecule is OCc1ccccc1O[C@H]1COC[C@@H]1O. The molecule has 0 amide bonds. The summed E-state index contributed by atoms with van der Waals surface area (Å²) in [6.45, 7) is 0.632. The van der Waals surface area contributed by atoms with E-state index < -0.39 is 6.10 Å². The second-order valence-electron chi connectivity index (χ2n) is 3.53. The smallest absolute Gasteiger partial charge is 0.150 e. The van der Waals surface area contributed by atoms with Crippen LogP contribution in [0.3, 0.4) is 0 Å². The van der Waals surface area contributed by atoms with E-state index in [0.29, 0.717) is 19.0 Å². The molecule has 1 fully saturated rings. The van der Waals surface area contributed by atoms with Crippen molar-refractivity contribution in [2.75, 3.05) is 13.2 Å². The summed E-state index contributed by atoms with van der Waals surface area (Å²) in [5.41, 5.74) is 0.719. The van der Waals surface area contributed by atoms with Gasteiger partial charge in [-0.25, -0.2) is 0 Å². The Bertz CT molecular complexity index is 326. The average Bonchev–Trinajstić information content (AvgIpc) is 2.65. The van der Waals surface area contributed by atoms with Gasteiger partial charge >= 0.3 is 0 Å². The summed E-state index contributed by atoms with van der Waals surface area (Å²) in [5.74, 6) is 0.606. The summed E-state index contributed by atoms with van der Waals surface area (Å²) in [6, 6.07) is 7.23. The molecule has 2 rings (SSSR count). The highest BCUT2D eigenvalue weighted by molar-refractivity contribution is 5.32. The van der Waals surface area contributed by atoms with Gasteiger partial charge in [0, 0.05) is 5.56 Å². The van der Waals surface area contributed by atoms with Crippen molar-refractivity contribution in [2.24, 2.45) is 0 Å². The fraction of sp³-hybridized carbons (Fsp3) is 0.455. The van der Waals surface area contributed by atoms with Crippen LogP contribution in [0.15, 0.2) is 24.3 Å². The summed E-state index contributed by atoms with van der Waals surface area (Å²) in [4.78, 5) is 0. The third-order valence-corrected chi connectivity index (χ3v) is 2.42. The van der Waals surface area contributed by atoms with Crippen molar-refractivity contribution in [3.05, 3.63) is 29.8 Å². The van der Waals surface area contributed by atoms with Gasteiger partial charge in [0.25, 0.3) is 0 Å². The van der Waals surface area contributed by atoms with Gasteiger partial charge in [0.1, 0.15) is 18.0 Å². The van der Waals surface area contributed by atoms with Crippen molar-refractivity contribution in [1.29, 1.82) is 0 Å². The number of ether oxygens (including phenoxy) is 2. The van der Waals surface area contributed by atoms with E-state index in [1.54, 1.807) is 12.1 Å². The lowest BCUT2D eigenvalue weighted by Gasteiger charge is -2.17. The second-order valence-corrected chi connectivity index (χ2v) is 3.53. The topological polar surface area (TPSA) is 58.9 Å². The summed E-state index contributed by atoms with van der Waals surface area (Å²) >= 11 is 0. The van der Waals surface area contributed by atoms with Crippen LogP contribution in [0.25, 0.3) is 0 Å². The Hall–Kier alpha value is -1.10. The molecule has 1 aromatic rings. The summed E-state index contributed by atoms with van der Waals surface area (Å²) in [6.07, 6.45) is -0.922. The Morgan fingerprint density at radius 1 is 1.33 bits per heavy atom. The van der Waals surface area contributed by atoms with Crippen molar-refractivity contribution < 1.29 is 19.7 Å². The Morgan fingerprint density at radius 2 is 2.13 bits per heavy atom. The lowest BCUT2D eigenvalue weighted by Crippen LogP contribution is -2.30. The zero-order valence-corrected chi connectivity index (χ0v) is 8.30. The molecule has 2 atom stereocenters. The molecule has 1 aliphatic rings. The van der Waals surface area contributed by atoms with Crippen LogP contribution in [-0.4, -0.2) is 35.6 Å². The number of aliphatic hydroxyl groups is 2. The van der Waals surface area contributed by atoms with Crippen molar-refractivity contribution >= 4 is 0 Å². The van der Waals surface area contributed by atoms with Gasteiger partial charge in [-0.1, -0.05) is 18.2 Å². The summed E-state index contributed by atoms with van der Waals surface area (Å²) < 4.78 is 10.7. The van der Waals surface area contributed by atoms with E-state index >= 15 is 0 Å². The number of hydrogen-bond donors (Lipinski definition) is 2. The molecule has 82 valence electrons. The van der Waals surface area contributed by atoms with Gasteiger partial charge in [0.05, 0.1) is 19.8 Å². The van der Waals surface area contributed by atoms with Crippen LogP contribution in [0, 0.1) is 0 Å². The molecular formula is C11H14O4. The molecule has 0 saturated carbocycles. The van der Waals surface area contributed by atoms with Gasteiger partial charge in [0.2, 0.25) is 0 Å². The molecule has 4 nitrogen and oxygen atoms in total. The zero-order chi connectivity index (χ0) is 10.7. The average molecular weight is 210 g/mol. The first-order valence-corrected chi connectivity index (χ1v) is 4.92. The summed E-state index contributed by atoms with van der Waals surface area (Å²) in [5, 5.41) is 18.6. The maximum absolute atomic E-state index is 9.50. The quantitative estimate of drug-likeness (QED) is 0.754.